The average Bonchev–Trinajstić information content (AvgIpc) is 3.30. The van der Waals surface area contributed by atoms with Crippen LogP contribution in [-0.4, -0.2) is 25.6 Å². The molecule has 33 heavy (non-hydrogen) atoms. The van der Waals surface area contributed by atoms with Crippen molar-refractivity contribution in [2.45, 2.75) is 6.61 Å². The van der Waals surface area contributed by atoms with Gasteiger partial charge in [-0.2, -0.15) is 0 Å². The van der Waals surface area contributed by atoms with E-state index < -0.39 is 5.97 Å². The van der Waals surface area contributed by atoms with Gasteiger partial charge in [0.2, 0.25) is 0 Å². The molecule has 0 unspecified atom stereocenters. The van der Waals surface area contributed by atoms with E-state index in [2.05, 4.69) is 15.1 Å². The molecule has 5 rings (SSSR count). The van der Waals surface area contributed by atoms with E-state index in [0.29, 0.717) is 28.4 Å². The third-order valence-corrected chi connectivity index (χ3v) is 4.93. The van der Waals surface area contributed by atoms with Gasteiger partial charge in [0.25, 0.3) is 5.56 Å². The van der Waals surface area contributed by atoms with E-state index in [1.165, 1.54) is 16.6 Å². The molecule has 0 bridgehead atoms. The standard InChI is InChI=1S/C25H18N4O4/c30-24-14-20(17-7-2-1-3-8-17)27-23-13-21(28-29(23)24)25(31)32-16-18-9-4-5-11-22(18)33-19-10-6-12-26-15-19/h1-15,28H,16H2. The number of para-hydroxylation sites is 1. The van der Waals surface area contributed by atoms with Gasteiger partial charge in [-0.05, 0) is 18.2 Å². The van der Waals surface area contributed by atoms with Gasteiger partial charge in [-0.15, -0.1) is 0 Å². The molecule has 8 nitrogen and oxygen atoms in total. The third-order valence-electron chi connectivity index (χ3n) is 4.93. The Kier molecular flexibility index (Phi) is 5.38. The van der Waals surface area contributed by atoms with E-state index in [0.717, 1.165) is 5.56 Å². The number of benzene rings is 2. The average molecular weight is 438 g/mol. The first-order valence-corrected chi connectivity index (χ1v) is 10.2. The Bertz CT molecular complexity index is 1480. The number of nitrogens with one attached hydrogen (secondary N) is 1. The molecule has 5 aromatic rings. The molecule has 0 saturated heterocycles. The van der Waals surface area contributed by atoms with Crippen molar-refractivity contribution in [1.29, 1.82) is 0 Å². The van der Waals surface area contributed by atoms with Crippen LogP contribution in [0.3, 0.4) is 0 Å². The number of fused-ring (bicyclic) bond motifs is 1. The molecule has 1 N–H and O–H groups in total. The van der Waals surface area contributed by atoms with Crippen LogP contribution in [0.2, 0.25) is 0 Å². The molecule has 0 fully saturated rings. The molecule has 0 aliphatic rings. The zero-order valence-electron chi connectivity index (χ0n) is 17.3. The summed E-state index contributed by atoms with van der Waals surface area (Å²) in [5, 5.41) is 2.76. The molecule has 0 atom stereocenters. The smallest absolute Gasteiger partial charge is 0.356 e. The summed E-state index contributed by atoms with van der Waals surface area (Å²) in [4.78, 5) is 33.7. The van der Waals surface area contributed by atoms with Crippen LogP contribution in [0.4, 0.5) is 0 Å². The predicted octanol–water partition coefficient (Wildman–Crippen LogP) is 4.23. The van der Waals surface area contributed by atoms with Crippen LogP contribution in [-0.2, 0) is 11.3 Å². The molecule has 0 aliphatic heterocycles. The number of esters is 1. The summed E-state index contributed by atoms with van der Waals surface area (Å²) in [5.74, 6) is 0.518. The van der Waals surface area contributed by atoms with Gasteiger partial charge in [0, 0.05) is 29.5 Å². The highest BCUT2D eigenvalue weighted by molar-refractivity contribution is 5.88. The highest BCUT2D eigenvalue weighted by Gasteiger charge is 2.15. The van der Waals surface area contributed by atoms with E-state index in [1.807, 2.05) is 48.5 Å². The van der Waals surface area contributed by atoms with Crippen molar-refractivity contribution in [3.8, 4) is 22.8 Å². The van der Waals surface area contributed by atoms with E-state index >= 15 is 0 Å². The molecular weight excluding hydrogens is 420 g/mol. The Labute approximate surface area is 188 Å². The number of aromatic amines is 1. The van der Waals surface area contributed by atoms with Crippen molar-refractivity contribution >= 4 is 11.6 Å². The Morgan fingerprint density at radius 1 is 0.970 bits per heavy atom. The first-order valence-electron chi connectivity index (χ1n) is 10.2. The van der Waals surface area contributed by atoms with Crippen LogP contribution >= 0.6 is 0 Å². The highest BCUT2D eigenvalue weighted by Crippen LogP contribution is 2.25. The van der Waals surface area contributed by atoms with Gasteiger partial charge >= 0.3 is 5.97 Å². The monoisotopic (exact) mass is 438 g/mol. The van der Waals surface area contributed by atoms with Crippen molar-refractivity contribution in [2.24, 2.45) is 0 Å². The molecule has 0 saturated carbocycles. The summed E-state index contributed by atoms with van der Waals surface area (Å²) in [6, 6.07) is 23.1. The second-order valence-corrected chi connectivity index (χ2v) is 7.18. The molecule has 0 amide bonds. The number of carbonyl (C=O) groups excluding carboxylic acids is 1. The number of nitrogens with zero attached hydrogens (tertiary/aromatic N) is 3. The lowest BCUT2D eigenvalue weighted by Crippen LogP contribution is -2.15. The molecule has 0 spiro atoms. The number of carbonyl (C=O) groups is 1. The summed E-state index contributed by atoms with van der Waals surface area (Å²) in [6.07, 6.45) is 3.26. The van der Waals surface area contributed by atoms with E-state index in [-0.39, 0.29) is 17.9 Å². The van der Waals surface area contributed by atoms with Gasteiger partial charge in [-0.3, -0.25) is 14.9 Å². The van der Waals surface area contributed by atoms with Crippen molar-refractivity contribution in [3.05, 3.63) is 113 Å². The normalized spacial score (nSPS) is 10.8. The topological polar surface area (TPSA) is 98.6 Å². The molecule has 3 aromatic heterocycles. The lowest BCUT2D eigenvalue weighted by molar-refractivity contribution is 0.0463. The third kappa shape index (κ3) is 4.35. The molecule has 8 heteroatoms. The summed E-state index contributed by atoms with van der Waals surface area (Å²) in [5.41, 5.74) is 2.15. The maximum atomic E-state index is 12.7. The molecule has 3 heterocycles. The molecular formula is C25H18N4O4. The summed E-state index contributed by atoms with van der Waals surface area (Å²) < 4.78 is 12.5. The van der Waals surface area contributed by atoms with E-state index in [1.54, 1.807) is 30.6 Å². The quantitative estimate of drug-likeness (QED) is 0.398. The minimum absolute atomic E-state index is 0.0117. The maximum absolute atomic E-state index is 12.7. The first kappa shape index (κ1) is 20.2. The zero-order chi connectivity index (χ0) is 22.6. The van der Waals surface area contributed by atoms with Gasteiger partial charge in [-0.1, -0.05) is 48.5 Å². The van der Waals surface area contributed by atoms with Gasteiger partial charge < -0.3 is 9.47 Å². The molecule has 162 valence electrons. The lowest BCUT2D eigenvalue weighted by atomic mass is 10.1. The molecule has 2 aromatic carbocycles. The van der Waals surface area contributed by atoms with Crippen molar-refractivity contribution in [1.82, 2.24) is 19.6 Å². The van der Waals surface area contributed by atoms with Crippen molar-refractivity contribution in [3.63, 3.8) is 0 Å². The first-order chi connectivity index (χ1) is 16.2. The number of aromatic nitrogens is 4. The van der Waals surface area contributed by atoms with Gasteiger partial charge in [0.1, 0.15) is 23.8 Å². The zero-order valence-corrected chi connectivity index (χ0v) is 17.3. The number of hydrogen-bond donors (Lipinski definition) is 1. The number of H-pyrrole nitrogens is 1. The fourth-order valence-electron chi connectivity index (χ4n) is 3.33. The van der Waals surface area contributed by atoms with Crippen molar-refractivity contribution < 1.29 is 14.3 Å². The second kappa shape index (κ2) is 8.80. The summed E-state index contributed by atoms with van der Waals surface area (Å²) >= 11 is 0. The Balaban J connectivity index is 1.35. The Morgan fingerprint density at radius 3 is 2.61 bits per heavy atom. The van der Waals surface area contributed by atoms with Gasteiger partial charge in [0.05, 0.1) is 11.9 Å². The minimum atomic E-state index is -0.614. The second-order valence-electron chi connectivity index (χ2n) is 7.18. The summed E-state index contributed by atoms with van der Waals surface area (Å²) in [6.45, 7) is -0.0117. The summed E-state index contributed by atoms with van der Waals surface area (Å²) in [7, 11) is 0. The number of ether oxygens (including phenoxy) is 2. The maximum Gasteiger partial charge on any atom is 0.356 e. The van der Waals surface area contributed by atoms with Gasteiger partial charge in [0.15, 0.2) is 5.65 Å². The largest absolute Gasteiger partial charge is 0.456 e. The number of hydrogen-bond acceptors (Lipinski definition) is 6. The molecule has 0 radical (unpaired) electrons. The highest BCUT2D eigenvalue weighted by atomic mass is 16.5. The van der Waals surface area contributed by atoms with Crippen LogP contribution in [0.25, 0.3) is 16.9 Å². The van der Waals surface area contributed by atoms with Crippen LogP contribution in [0, 0.1) is 0 Å². The lowest BCUT2D eigenvalue weighted by Gasteiger charge is -2.11. The van der Waals surface area contributed by atoms with Crippen LogP contribution < -0.4 is 10.3 Å². The van der Waals surface area contributed by atoms with Crippen LogP contribution in [0.5, 0.6) is 11.5 Å². The van der Waals surface area contributed by atoms with Crippen LogP contribution in [0.15, 0.2) is 96.1 Å². The van der Waals surface area contributed by atoms with Crippen molar-refractivity contribution in [2.75, 3.05) is 0 Å². The van der Waals surface area contributed by atoms with Crippen LogP contribution in [0.1, 0.15) is 16.1 Å². The predicted molar refractivity (Wildman–Crippen MR) is 121 cm³/mol. The van der Waals surface area contributed by atoms with E-state index in [4.69, 9.17) is 9.47 Å². The Morgan fingerprint density at radius 2 is 1.79 bits per heavy atom. The number of rotatable bonds is 6. The fourth-order valence-corrected chi connectivity index (χ4v) is 3.33. The molecule has 0 aliphatic carbocycles. The fraction of sp³-hybridized carbons (Fsp3) is 0.0400. The van der Waals surface area contributed by atoms with E-state index in [9.17, 15) is 9.59 Å². The number of pyridine rings is 1. The van der Waals surface area contributed by atoms with Gasteiger partial charge in [-0.25, -0.2) is 14.3 Å². The Hall–Kier alpha value is -4.72. The SMILES string of the molecule is O=C(OCc1ccccc1Oc1cccnc1)c1cc2nc(-c3ccccc3)cc(=O)n2[nH]1. The minimum Gasteiger partial charge on any atom is -0.456 e.